The zero-order valence-corrected chi connectivity index (χ0v) is 21.1. The van der Waals surface area contributed by atoms with Crippen molar-refractivity contribution in [2.24, 2.45) is 5.16 Å². The maximum Gasteiger partial charge on any atom is 0.446 e. The zero-order chi connectivity index (χ0) is 27.9. The molecule has 0 amide bonds. The van der Waals surface area contributed by atoms with Crippen molar-refractivity contribution in [1.29, 1.82) is 0 Å². The molecule has 0 unspecified atom stereocenters. The molecular formula is C23H17F6N3O4S2. The Hall–Kier alpha value is -3.33. The quantitative estimate of drug-likeness (QED) is 0.104. The van der Waals surface area contributed by atoms with Crippen LogP contribution in [0.3, 0.4) is 0 Å². The smallest absolute Gasteiger partial charge is 0.435 e. The van der Waals surface area contributed by atoms with Crippen molar-refractivity contribution in [3.05, 3.63) is 48.0 Å². The van der Waals surface area contributed by atoms with Gasteiger partial charge in [-0.25, -0.2) is 18.4 Å². The highest BCUT2D eigenvalue weighted by atomic mass is 32.2. The number of nitrogens with zero attached hydrogens (tertiary/aromatic N) is 3. The van der Waals surface area contributed by atoms with Gasteiger partial charge in [-0.05, 0) is 60.6 Å². The molecule has 15 heteroatoms. The second-order valence-electron chi connectivity index (χ2n) is 7.91. The van der Waals surface area contributed by atoms with Gasteiger partial charge < -0.3 is 9.25 Å². The molecule has 7 nitrogen and oxygen atoms in total. The van der Waals surface area contributed by atoms with Crippen LogP contribution in [0.5, 0.6) is 0 Å². The normalized spacial score (nSPS) is 13.4. The molecule has 0 aliphatic heterocycles. The first-order valence-electron chi connectivity index (χ1n) is 10.7. The van der Waals surface area contributed by atoms with E-state index < -0.39 is 28.1 Å². The summed E-state index contributed by atoms with van der Waals surface area (Å²) in [5, 5.41) is 3.79. The third kappa shape index (κ3) is 6.38. The maximum atomic E-state index is 12.9. The Morgan fingerprint density at radius 3 is 2.42 bits per heavy atom. The molecule has 0 radical (unpaired) electrons. The minimum atomic E-state index is -4.56. The highest BCUT2D eigenvalue weighted by Crippen LogP contribution is 2.39. The topological polar surface area (TPSA) is 94.7 Å². The molecule has 0 atom stereocenters. The molecular weight excluding hydrogens is 560 g/mol. The number of aromatic nitrogens is 2. The molecule has 0 bridgehead atoms. The van der Waals surface area contributed by atoms with Crippen LogP contribution in [0.4, 0.5) is 26.3 Å². The summed E-state index contributed by atoms with van der Waals surface area (Å²) in [5.41, 5.74) is -3.64. The summed E-state index contributed by atoms with van der Waals surface area (Å²) in [4.78, 5) is 12.6. The van der Waals surface area contributed by atoms with E-state index in [0.717, 1.165) is 0 Å². The molecule has 0 spiro atoms. The molecule has 2 aromatic heterocycles. The highest BCUT2D eigenvalue weighted by molar-refractivity contribution is 8.00. The molecule has 0 aliphatic rings. The summed E-state index contributed by atoms with van der Waals surface area (Å²) in [5.74, 6) is -0.504. The average molecular weight is 578 g/mol. The fraction of sp³-hybridized carbons (Fsp3) is 0.261. The second-order valence-corrected chi connectivity index (χ2v) is 11.3. The molecule has 2 aromatic carbocycles. The third-order valence-electron chi connectivity index (χ3n) is 5.14. The van der Waals surface area contributed by atoms with E-state index in [4.69, 9.17) is 4.42 Å². The molecule has 202 valence electrons. The number of oxazole rings is 1. The van der Waals surface area contributed by atoms with E-state index in [9.17, 15) is 34.8 Å². The fourth-order valence-electron chi connectivity index (χ4n) is 3.39. The first-order chi connectivity index (χ1) is 17.6. The van der Waals surface area contributed by atoms with Crippen LogP contribution >= 0.6 is 11.8 Å². The number of sulfone groups is 1. The van der Waals surface area contributed by atoms with E-state index in [-0.39, 0.29) is 55.7 Å². The van der Waals surface area contributed by atoms with E-state index >= 15 is 0 Å². The van der Waals surface area contributed by atoms with Crippen LogP contribution in [0.25, 0.3) is 33.6 Å². The van der Waals surface area contributed by atoms with E-state index in [1.807, 2.05) is 0 Å². The Kier molecular flexibility index (Phi) is 7.36. The first-order valence-corrected chi connectivity index (χ1v) is 13.2. The van der Waals surface area contributed by atoms with Crippen LogP contribution in [0.2, 0.25) is 0 Å². The lowest BCUT2D eigenvalue weighted by Crippen LogP contribution is -2.15. The van der Waals surface area contributed by atoms with Crippen LogP contribution in [-0.4, -0.2) is 48.1 Å². The number of thioether (sulfide) groups is 1. The summed E-state index contributed by atoms with van der Waals surface area (Å²) in [7, 11) is -3.90. The van der Waals surface area contributed by atoms with Crippen LogP contribution in [0, 0.1) is 0 Å². The summed E-state index contributed by atoms with van der Waals surface area (Å²) < 4.78 is 107. The number of alkyl halides is 6. The van der Waals surface area contributed by atoms with Gasteiger partial charge in [0.1, 0.15) is 11.2 Å². The number of hydrogen-bond donors (Lipinski definition) is 0. The van der Waals surface area contributed by atoms with Gasteiger partial charge in [-0.1, -0.05) is 18.1 Å². The Balaban J connectivity index is 1.79. The van der Waals surface area contributed by atoms with Gasteiger partial charge in [-0.15, -0.1) is 0 Å². The predicted molar refractivity (Wildman–Crippen MR) is 129 cm³/mol. The SMILES string of the molecule is CCS(=O)(=O)c1cc2cc(/C(C)=N/OCC(F)(F)F)ccc2nc1-c1nc2cc(SC(F)(F)F)ccc2o1. The van der Waals surface area contributed by atoms with Crippen LogP contribution < -0.4 is 0 Å². The molecule has 0 N–H and O–H groups in total. The summed E-state index contributed by atoms with van der Waals surface area (Å²) in [6.45, 7) is 1.27. The number of benzene rings is 2. The molecule has 0 saturated carbocycles. The lowest BCUT2D eigenvalue weighted by atomic mass is 10.1. The van der Waals surface area contributed by atoms with Gasteiger partial charge in [0.2, 0.25) is 12.5 Å². The summed E-state index contributed by atoms with van der Waals surface area (Å²) in [6, 6.07) is 9.49. The maximum absolute atomic E-state index is 12.9. The molecule has 0 fully saturated rings. The fourth-order valence-corrected chi connectivity index (χ4v) is 5.01. The number of pyridine rings is 1. The van der Waals surface area contributed by atoms with Crippen LogP contribution in [0.1, 0.15) is 19.4 Å². The van der Waals surface area contributed by atoms with E-state index in [1.165, 1.54) is 56.3 Å². The third-order valence-corrected chi connectivity index (χ3v) is 7.60. The van der Waals surface area contributed by atoms with E-state index in [2.05, 4.69) is 20.0 Å². The average Bonchev–Trinajstić information content (AvgIpc) is 3.24. The van der Waals surface area contributed by atoms with Crippen molar-refractivity contribution >= 4 is 49.3 Å². The number of rotatable bonds is 7. The number of hydrogen-bond acceptors (Lipinski definition) is 8. The monoisotopic (exact) mass is 577 g/mol. The van der Waals surface area contributed by atoms with Gasteiger partial charge in [0.15, 0.2) is 15.4 Å². The molecule has 4 rings (SSSR count). The standard InChI is InChI=1S/C23H17F6N3O4S2/c1-3-38(33,34)19-9-14-8-13(12(2)32-35-11-22(24,25)26)4-6-16(14)30-20(19)21-31-17-10-15(37-23(27,28)29)5-7-18(17)36-21/h4-10H,3,11H2,1-2H3/b32-12+. The molecule has 0 saturated heterocycles. The Labute approximate surface area is 215 Å². The number of fused-ring (bicyclic) bond motifs is 2. The van der Waals surface area contributed by atoms with Gasteiger partial charge in [0, 0.05) is 10.3 Å². The lowest BCUT2D eigenvalue weighted by Gasteiger charge is -2.10. The molecule has 2 heterocycles. The van der Waals surface area contributed by atoms with Crippen LogP contribution in [-0.2, 0) is 14.7 Å². The van der Waals surface area contributed by atoms with Crippen molar-refractivity contribution in [1.82, 2.24) is 9.97 Å². The van der Waals surface area contributed by atoms with Gasteiger partial charge in [0.25, 0.3) is 0 Å². The van der Waals surface area contributed by atoms with Crippen molar-refractivity contribution < 1.29 is 44.0 Å². The van der Waals surface area contributed by atoms with Crippen molar-refractivity contribution in [2.75, 3.05) is 12.4 Å². The van der Waals surface area contributed by atoms with Gasteiger partial charge in [0.05, 0.1) is 21.9 Å². The molecule has 38 heavy (non-hydrogen) atoms. The lowest BCUT2D eigenvalue weighted by molar-refractivity contribution is -0.173. The number of halogens is 6. The van der Waals surface area contributed by atoms with E-state index in [0.29, 0.717) is 16.5 Å². The minimum Gasteiger partial charge on any atom is -0.435 e. The Morgan fingerprint density at radius 2 is 1.76 bits per heavy atom. The largest absolute Gasteiger partial charge is 0.446 e. The summed E-state index contributed by atoms with van der Waals surface area (Å²) >= 11 is -0.324. The highest BCUT2D eigenvalue weighted by Gasteiger charge is 2.30. The Morgan fingerprint density at radius 1 is 1.03 bits per heavy atom. The molecule has 0 aliphatic carbocycles. The second kappa shape index (κ2) is 10.1. The van der Waals surface area contributed by atoms with Crippen molar-refractivity contribution in [2.45, 2.75) is 35.3 Å². The molecule has 4 aromatic rings. The van der Waals surface area contributed by atoms with Crippen molar-refractivity contribution in [3.8, 4) is 11.6 Å². The summed E-state index contributed by atoms with van der Waals surface area (Å²) in [6.07, 6.45) is -4.56. The Bertz CT molecular complexity index is 1650. The van der Waals surface area contributed by atoms with Crippen molar-refractivity contribution in [3.63, 3.8) is 0 Å². The van der Waals surface area contributed by atoms with Gasteiger partial charge >= 0.3 is 11.7 Å². The number of oxime groups is 1. The zero-order valence-electron chi connectivity index (χ0n) is 19.5. The van der Waals surface area contributed by atoms with Gasteiger partial charge in [-0.2, -0.15) is 26.3 Å². The van der Waals surface area contributed by atoms with Gasteiger partial charge in [-0.3, -0.25) is 0 Å². The predicted octanol–water partition coefficient (Wildman–Crippen LogP) is 6.75. The first kappa shape index (κ1) is 27.7. The van der Waals surface area contributed by atoms with E-state index in [1.54, 1.807) is 0 Å². The van der Waals surface area contributed by atoms with Crippen LogP contribution in [0.15, 0.2) is 61.8 Å². The minimum absolute atomic E-state index is 0.0806.